The Labute approximate surface area is 326 Å². The summed E-state index contributed by atoms with van der Waals surface area (Å²) in [5.74, 6) is 0.0707. The van der Waals surface area contributed by atoms with E-state index in [0.29, 0.717) is 16.7 Å². The summed E-state index contributed by atoms with van der Waals surface area (Å²) in [6.45, 7) is 26.6. The topological polar surface area (TPSA) is 126 Å². The molecule has 0 heterocycles. The van der Waals surface area contributed by atoms with Gasteiger partial charge >= 0.3 is 0 Å². The molecular formula is C46H53N3O5S. The average molecular weight is 760 g/mol. The lowest BCUT2D eigenvalue weighted by atomic mass is 9.84. The Hall–Kier alpha value is -5.12. The Morgan fingerprint density at radius 1 is 0.727 bits per heavy atom. The molecule has 55 heavy (non-hydrogen) atoms. The predicted molar refractivity (Wildman–Crippen MR) is 224 cm³/mol. The Morgan fingerprint density at radius 2 is 1.35 bits per heavy atom. The fourth-order valence-electron chi connectivity index (χ4n) is 7.59. The van der Waals surface area contributed by atoms with E-state index in [1.165, 1.54) is 35.2 Å². The molecule has 0 unspecified atom stereocenters. The van der Waals surface area contributed by atoms with Gasteiger partial charge in [-0.1, -0.05) is 39.8 Å². The molecule has 0 saturated heterocycles. The van der Waals surface area contributed by atoms with Crippen LogP contribution in [0.1, 0.15) is 100 Å². The van der Waals surface area contributed by atoms with Crippen molar-refractivity contribution in [2.75, 3.05) is 5.32 Å². The van der Waals surface area contributed by atoms with E-state index in [2.05, 4.69) is 106 Å². The molecule has 4 aromatic carbocycles. The molecule has 2 N–H and O–H groups in total. The van der Waals surface area contributed by atoms with Gasteiger partial charge < -0.3 is 9.87 Å². The molecule has 1 aliphatic rings. The molecular weight excluding hydrogens is 707 g/mol. The number of nitro benzene ring substituents is 1. The van der Waals surface area contributed by atoms with Gasteiger partial charge in [0.2, 0.25) is 11.4 Å². The Balaban J connectivity index is 1.85. The summed E-state index contributed by atoms with van der Waals surface area (Å²) in [4.78, 5) is 14.9. The van der Waals surface area contributed by atoms with Crippen molar-refractivity contribution in [2.24, 2.45) is 5.92 Å². The third-order valence-electron chi connectivity index (χ3n) is 11.2. The number of allylic oxidation sites excluding steroid dienone is 5. The number of nitrogens with zero attached hydrogens (tertiary/aromatic N) is 1. The molecule has 0 atom stereocenters. The molecule has 0 aromatic heterocycles. The fourth-order valence-corrected chi connectivity index (χ4v) is 8.34. The summed E-state index contributed by atoms with van der Waals surface area (Å²) in [7, 11) is -5.06. The standard InChI is InChI=1S/C46H53N3O5S/c1-24(2)37-21-35(14-16-40(37)47-45-29(8)18-26(5)31(10)33(45)12)44(39-23-42(49(50)51)28(7)20-43(39)55(52,53)54)36-15-17-41(38(22-36)25(3)4)48-46-30(9)19-27(6)32(11)34(46)13/h14-25,47H,1-13H3,(H,52,53,54). The Morgan fingerprint density at radius 3 is 1.93 bits per heavy atom. The molecule has 0 bridgehead atoms. The maximum atomic E-state index is 13.0. The molecule has 9 heteroatoms. The van der Waals surface area contributed by atoms with Gasteiger partial charge in [-0.05, 0) is 166 Å². The van der Waals surface area contributed by atoms with Crippen LogP contribution in [0, 0.1) is 78.3 Å². The van der Waals surface area contributed by atoms with Gasteiger partial charge in [0.05, 0.1) is 9.82 Å². The smallest absolute Gasteiger partial charge is 0.273 e. The first-order valence-corrected chi connectivity index (χ1v) is 20.1. The van der Waals surface area contributed by atoms with Crippen molar-refractivity contribution in [3.05, 3.63) is 149 Å². The zero-order valence-electron chi connectivity index (χ0n) is 34.3. The highest BCUT2D eigenvalue weighted by Gasteiger charge is 2.27. The van der Waals surface area contributed by atoms with E-state index < -0.39 is 19.9 Å². The molecule has 1 aliphatic carbocycles. The minimum atomic E-state index is -5.06. The number of nitro groups is 1. The van der Waals surface area contributed by atoms with Gasteiger partial charge in [0.25, 0.3) is 5.69 Å². The van der Waals surface area contributed by atoms with Gasteiger partial charge in [0.1, 0.15) is 10.1 Å². The first-order valence-electron chi connectivity index (χ1n) is 18.7. The van der Waals surface area contributed by atoms with E-state index in [-0.39, 0.29) is 28.7 Å². The minimum absolute atomic E-state index is 0.0140. The summed E-state index contributed by atoms with van der Waals surface area (Å²) >= 11 is 0. The zero-order chi connectivity index (χ0) is 40.8. The van der Waals surface area contributed by atoms with Crippen LogP contribution in [0.5, 0.6) is 0 Å². The quantitative estimate of drug-likeness (QED) is 0.0994. The van der Waals surface area contributed by atoms with Crippen molar-refractivity contribution >= 4 is 44.2 Å². The largest absolute Gasteiger partial charge is 0.744 e. The van der Waals surface area contributed by atoms with Crippen molar-refractivity contribution in [1.82, 2.24) is 0 Å². The zero-order valence-corrected chi connectivity index (χ0v) is 35.1. The van der Waals surface area contributed by atoms with Crippen LogP contribution in [0.3, 0.4) is 0 Å². The molecule has 0 amide bonds. The number of anilines is 2. The van der Waals surface area contributed by atoms with E-state index >= 15 is 0 Å². The highest BCUT2D eigenvalue weighted by molar-refractivity contribution is 7.85. The number of benzene rings is 4. The second kappa shape index (κ2) is 15.6. The van der Waals surface area contributed by atoms with Crippen molar-refractivity contribution in [2.45, 2.75) is 101 Å². The highest BCUT2D eigenvalue weighted by atomic mass is 32.2. The number of hydrogen-bond acceptors (Lipinski definition) is 6. The Kier molecular flexibility index (Phi) is 11.6. The SMILES string of the molecule is Cc1cc(S(=O)(=O)[O-])c(C(=C2C=CC(=[NH+]c3c(C)cc(C)c(C)c3C)C(C(C)C)=C2)c2ccc(Nc3c(C)cc(C)c(C)c3C)c(C(C)C)c2)cc1[N+](=O)[O-]. The third-order valence-corrected chi connectivity index (χ3v) is 12.1. The van der Waals surface area contributed by atoms with Crippen LogP contribution in [-0.2, 0) is 10.1 Å². The first kappa shape index (κ1) is 41.1. The van der Waals surface area contributed by atoms with E-state index in [1.807, 2.05) is 36.4 Å². The maximum Gasteiger partial charge on any atom is 0.273 e. The van der Waals surface area contributed by atoms with Gasteiger partial charge in [-0.15, -0.1) is 0 Å². The van der Waals surface area contributed by atoms with Gasteiger partial charge in [-0.25, -0.2) is 13.4 Å². The number of aryl methyl sites for hydroxylation is 5. The number of rotatable bonds is 9. The fraction of sp³-hybridized carbons (Fsp3) is 0.326. The van der Waals surface area contributed by atoms with Crippen LogP contribution in [-0.4, -0.2) is 23.6 Å². The van der Waals surface area contributed by atoms with Crippen LogP contribution >= 0.6 is 0 Å². The average Bonchev–Trinajstić information content (AvgIpc) is 3.10. The molecule has 5 rings (SSSR count). The molecule has 4 aromatic rings. The van der Waals surface area contributed by atoms with Crippen LogP contribution in [0.25, 0.3) is 5.57 Å². The number of nitrogens with one attached hydrogen (secondary N) is 2. The van der Waals surface area contributed by atoms with Crippen LogP contribution < -0.4 is 10.3 Å². The lowest BCUT2D eigenvalue weighted by molar-refractivity contribution is -0.385. The first-order chi connectivity index (χ1) is 25.6. The van der Waals surface area contributed by atoms with E-state index in [1.54, 1.807) is 0 Å². The summed E-state index contributed by atoms with van der Waals surface area (Å²) in [5, 5.41) is 16.0. The van der Waals surface area contributed by atoms with E-state index in [0.717, 1.165) is 62.2 Å². The van der Waals surface area contributed by atoms with Crippen LogP contribution in [0.15, 0.2) is 76.7 Å². The monoisotopic (exact) mass is 759 g/mol. The summed E-state index contributed by atoms with van der Waals surface area (Å²) in [5.41, 5.74) is 16.6. The molecule has 0 radical (unpaired) electrons. The second-order valence-corrected chi connectivity index (χ2v) is 17.0. The summed E-state index contributed by atoms with van der Waals surface area (Å²) in [6.07, 6.45) is 5.87. The van der Waals surface area contributed by atoms with Gasteiger partial charge in [0, 0.05) is 51.3 Å². The van der Waals surface area contributed by atoms with Crippen molar-refractivity contribution in [1.29, 1.82) is 0 Å². The van der Waals surface area contributed by atoms with E-state index in [9.17, 15) is 23.1 Å². The van der Waals surface area contributed by atoms with Crippen LogP contribution in [0.2, 0.25) is 0 Å². The van der Waals surface area contributed by atoms with Gasteiger partial charge in [0.15, 0.2) is 0 Å². The predicted octanol–water partition coefficient (Wildman–Crippen LogP) is 9.95. The second-order valence-electron chi connectivity index (χ2n) is 15.7. The van der Waals surface area contributed by atoms with Crippen molar-refractivity contribution < 1.29 is 22.9 Å². The molecule has 8 nitrogen and oxygen atoms in total. The Bertz CT molecular complexity index is 2500. The molecule has 0 saturated carbocycles. The normalized spacial score (nSPS) is 14.9. The maximum absolute atomic E-state index is 13.0. The minimum Gasteiger partial charge on any atom is -0.744 e. The third kappa shape index (κ3) is 8.14. The van der Waals surface area contributed by atoms with Crippen LogP contribution in [0.4, 0.5) is 22.7 Å². The molecule has 288 valence electrons. The molecule has 0 aliphatic heterocycles. The lowest BCUT2D eigenvalue weighted by Crippen LogP contribution is -2.67. The van der Waals surface area contributed by atoms with E-state index in [4.69, 9.17) is 0 Å². The van der Waals surface area contributed by atoms with Gasteiger partial charge in [-0.3, -0.25) is 10.1 Å². The number of hydrogen-bond donors (Lipinski definition) is 2. The molecule has 0 fully saturated rings. The lowest BCUT2D eigenvalue weighted by Gasteiger charge is -2.24. The summed E-state index contributed by atoms with van der Waals surface area (Å²) < 4.78 is 39.0. The van der Waals surface area contributed by atoms with Crippen molar-refractivity contribution in [3.63, 3.8) is 0 Å². The molecule has 0 spiro atoms. The van der Waals surface area contributed by atoms with Gasteiger partial charge in [-0.2, -0.15) is 0 Å². The highest BCUT2D eigenvalue weighted by Crippen LogP contribution is 2.41. The van der Waals surface area contributed by atoms with Crippen molar-refractivity contribution in [3.8, 4) is 0 Å². The summed E-state index contributed by atoms with van der Waals surface area (Å²) in [6, 6.07) is 12.6.